The molecule has 0 bridgehead atoms. The molecule has 7 heteroatoms. The number of hydrogen-bond acceptors (Lipinski definition) is 5. The first-order valence-corrected chi connectivity index (χ1v) is 12.6. The second-order valence-electron chi connectivity index (χ2n) is 8.69. The Morgan fingerprint density at radius 2 is 1.83 bits per heavy atom. The lowest BCUT2D eigenvalue weighted by Crippen LogP contribution is -2.27. The quantitative estimate of drug-likeness (QED) is 0.258. The summed E-state index contributed by atoms with van der Waals surface area (Å²) in [6, 6.07) is 21.3. The van der Waals surface area contributed by atoms with Crippen molar-refractivity contribution in [1.29, 1.82) is 0 Å². The minimum absolute atomic E-state index is 0.196. The summed E-state index contributed by atoms with van der Waals surface area (Å²) in [6.07, 6.45) is 1.61. The molecule has 1 unspecified atom stereocenters. The number of rotatable bonds is 9. The molecule has 1 N–H and O–H groups in total. The first-order chi connectivity index (χ1) is 17.1. The third-order valence-corrected chi connectivity index (χ3v) is 7.34. The number of anilines is 1. The van der Waals surface area contributed by atoms with Crippen LogP contribution in [0.4, 0.5) is 14.5 Å². The minimum Gasteiger partial charge on any atom is -0.455 e. The van der Waals surface area contributed by atoms with E-state index in [1.807, 2.05) is 48.5 Å². The maximum atomic E-state index is 13.4. The van der Waals surface area contributed by atoms with Gasteiger partial charge in [0, 0.05) is 47.0 Å². The van der Waals surface area contributed by atoms with Gasteiger partial charge < -0.3 is 15.0 Å². The van der Waals surface area contributed by atoms with Gasteiger partial charge in [-0.15, -0.1) is 11.3 Å². The van der Waals surface area contributed by atoms with Crippen molar-refractivity contribution < 1.29 is 18.3 Å². The van der Waals surface area contributed by atoms with E-state index >= 15 is 0 Å². The number of carbonyl (C=O) groups excluding carboxylic acids is 1. The Kier molecular flexibility index (Phi) is 7.06. The molecule has 1 atom stereocenters. The van der Waals surface area contributed by atoms with Gasteiger partial charge in [-0.1, -0.05) is 12.1 Å². The van der Waals surface area contributed by atoms with Gasteiger partial charge in [0.15, 0.2) is 5.75 Å². The third-order valence-electron chi connectivity index (χ3n) is 6.19. The van der Waals surface area contributed by atoms with Crippen LogP contribution in [0.25, 0.3) is 10.1 Å². The summed E-state index contributed by atoms with van der Waals surface area (Å²) in [7, 11) is 0. The second-order valence-corrected chi connectivity index (χ2v) is 9.74. The predicted molar refractivity (Wildman–Crippen MR) is 137 cm³/mol. The molecule has 0 amide bonds. The predicted octanol–water partition coefficient (Wildman–Crippen LogP) is 6.91. The first-order valence-electron chi connectivity index (χ1n) is 11.8. The number of likely N-dealkylation sites (tertiary alicyclic amines) is 1. The summed E-state index contributed by atoms with van der Waals surface area (Å²) in [5, 5.41) is 4.41. The van der Waals surface area contributed by atoms with E-state index in [1.165, 1.54) is 35.6 Å². The van der Waals surface area contributed by atoms with E-state index in [2.05, 4.69) is 10.2 Å². The van der Waals surface area contributed by atoms with Crippen LogP contribution in [0.2, 0.25) is 0 Å². The van der Waals surface area contributed by atoms with Crippen LogP contribution < -0.4 is 10.1 Å². The number of nitrogens with zero attached hydrogens (tertiary/aromatic N) is 1. The largest absolute Gasteiger partial charge is 0.455 e. The molecule has 4 aromatic rings. The summed E-state index contributed by atoms with van der Waals surface area (Å²) in [5.41, 5.74) is 1.41. The molecule has 2 heterocycles. The van der Waals surface area contributed by atoms with Crippen molar-refractivity contribution >= 4 is 32.9 Å². The average molecular weight is 493 g/mol. The molecule has 0 aliphatic carbocycles. The molecule has 1 fully saturated rings. The Morgan fingerprint density at radius 1 is 1.06 bits per heavy atom. The van der Waals surface area contributed by atoms with Gasteiger partial charge in [-0.2, -0.15) is 0 Å². The molecule has 1 aliphatic heterocycles. The molecule has 3 aromatic carbocycles. The van der Waals surface area contributed by atoms with E-state index in [9.17, 15) is 13.6 Å². The van der Waals surface area contributed by atoms with Gasteiger partial charge in [0.1, 0.15) is 16.4 Å². The van der Waals surface area contributed by atoms with E-state index in [0.29, 0.717) is 34.4 Å². The van der Waals surface area contributed by atoms with Gasteiger partial charge in [-0.05, 0) is 73.5 Å². The number of thiophene rings is 1. The van der Waals surface area contributed by atoms with Gasteiger partial charge >= 0.3 is 0 Å². The van der Waals surface area contributed by atoms with E-state index in [1.54, 1.807) is 0 Å². The molecular formula is C28H26F2N2O2S. The SMILES string of the molecule is O=C(c1ccc(F)cc1)c1sc2ccccc2c1Oc1ccc(NC2CCN(CCCF)C2)cc1. The van der Waals surface area contributed by atoms with Crippen LogP contribution in [0.15, 0.2) is 72.8 Å². The Morgan fingerprint density at radius 3 is 2.60 bits per heavy atom. The molecule has 35 heavy (non-hydrogen) atoms. The number of alkyl halides is 1. The second kappa shape index (κ2) is 10.5. The number of fused-ring (bicyclic) bond motifs is 1. The Balaban J connectivity index is 1.33. The number of nitrogens with one attached hydrogen (secondary N) is 1. The summed E-state index contributed by atoms with van der Waals surface area (Å²) < 4.78 is 33.0. The lowest BCUT2D eigenvalue weighted by atomic mass is 10.1. The monoisotopic (exact) mass is 492 g/mol. The highest BCUT2D eigenvalue weighted by Gasteiger charge is 2.23. The van der Waals surface area contributed by atoms with Crippen molar-refractivity contribution in [2.24, 2.45) is 0 Å². The lowest BCUT2D eigenvalue weighted by Gasteiger charge is -2.17. The highest BCUT2D eigenvalue weighted by atomic mass is 32.1. The zero-order valence-electron chi connectivity index (χ0n) is 19.2. The van der Waals surface area contributed by atoms with E-state index in [-0.39, 0.29) is 18.3 Å². The van der Waals surface area contributed by atoms with Crippen molar-refractivity contribution in [2.75, 3.05) is 31.6 Å². The zero-order valence-corrected chi connectivity index (χ0v) is 20.0. The fourth-order valence-corrected chi connectivity index (χ4v) is 5.51. The van der Waals surface area contributed by atoms with Crippen LogP contribution in [0.3, 0.4) is 0 Å². The van der Waals surface area contributed by atoms with Crippen LogP contribution in [-0.2, 0) is 0 Å². The molecule has 1 aromatic heterocycles. The third kappa shape index (κ3) is 5.36. The first kappa shape index (κ1) is 23.5. The number of ketones is 1. The summed E-state index contributed by atoms with van der Waals surface area (Å²) in [5.74, 6) is 0.564. The molecule has 0 saturated carbocycles. The lowest BCUT2D eigenvalue weighted by molar-refractivity contribution is 0.104. The summed E-state index contributed by atoms with van der Waals surface area (Å²) in [4.78, 5) is 16.0. The summed E-state index contributed by atoms with van der Waals surface area (Å²) in [6.45, 7) is 2.42. The molecule has 1 saturated heterocycles. The zero-order chi connectivity index (χ0) is 24.2. The smallest absolute Gasteiger partial charge is 0.206 e. The summed E-state index contributed by atoms with van der Waals surface area (Å²) >= 11 is 1.37. The standard InChI is InChI=1S/C28H26F2N2O2S/c29-15-3-16-32-17-14-22(18-32)31-21-10-12-23(13-11-21)34-27-24-4-1-2-5-25(24)35-28(27)26(33)19-6-8-20(30)9-7-19/h1-2,4-13,22,31H,3,14-18H2. The van der Waals surface area contributed by atoms with Gasteiger partial charge in [-0.25, -0.2) is 4.39 Å². The van der Waals surface area contributed by atoms with Gasteiger partial charge in [0.05, 0.1) is 6.67 Å². The molecule has 4 nitrogen and oxygen atoms in total. The van der Waals surface area contributed by atoms with Gasteiger partial charge in [0.2, 0.25) is 5.78 Å². The van der Waals surface area contributed by atoms with Crippen molar-refractivity contribution in [3.8, 4) is 11.5 Å². The maximum Gasteiger partial charge on any atom is 0.206 e. The van der Waals surface area contributed by atoms with Crippen molar-refractivity contribution in [1.82, 2.24) is 4.90 Å². The minimum atomic E-state index is -0.381. The Bertz CT molecular complexity index is 1310. The maximum absolute atomic E-state index is 13.4. The average Bonchev–Trinajstić information content (AvgIpc) is 3.48. The topological polar surface area (TPSA) is 41.6 Å². The van der Waals surface area contributed by atoms with E-state index in [4.69, 9.17) is 4.74 Å². The highest BCUT2D eigenvalue weighted by Crippen LogP contribution is 2.41. The molecule has 180 valence electrons. The van der Waals surface area contributed by atoms with Gasteiger partial charge in [0.25, 0.3) is 0 Å². The van der Waals surface area contributed by atoms with E-state index < -0.39 is 0 Å². The van der Waals surface area contributed by atoms with Crippen LogP contribution in [-0.4, -0.2) is 43.0 Å². The molecule has 5 rings (SSSR count). The molecule has 0 spiro atoms. The Labute approximate surface area is 207 Å². The van der Waals surface area contributed by atoms with Crippen LogP contribution in [0.5, 0.6) is 11.5 Å². The van der Waals surface area contributed by atoms with Crippen molar-refractivity contribution in [3.05, 3.63) is 89.1 Å². The normalized spacial score (nSPS) is 16.0. The van der Waals surface area contributed by atoms with Crippen LogP contribution in [0, 0.1) is 5.82 Å². The van der Waals surface area contributed by atoms with Gasteiger partial charge in [-0.3, -0.25) is 9.18 Å². The molecule has 1 aliphatic rings. The Hall–Kier alpha value is -3.29. The number of halogens is 2. The van der Waals surface area contributed by atoms with Crippen molar-refractivity contribution in [3.63, 3.8) is 0 Å². The fraction of sp³-hybridized carbons (Fsp3) is 0.250. The van der Waals surface area contributed by atoms with E-state index in [0.717, 1.165) is 41.8 Å². The highest BCUT2D eigenvalue weighted by molar-refractivity contribution is 7.21. The number of carbonyl (C=O) groups is 1. The van der Waals surface area contributed by atoms with Crippen molar-refractivity contribution in [2.45, 2.75) is 18.9 Å². The molecular weight excluding hydrogens is 466 g/mol. The van der Waals surface area contributed by atoms with Crippen LogP contribution >= 0.6 is 11.3 Å². The van der Waals surface area contributed by atoms with Crippen LogP contribution in [0.1, 0.15) is 28.1 Å². The number of hydrogen-bond donors (Lipinski definition) is 1. The fourth-order valence-electron chi connectivity index (χ4n) is 4.41. The number of ether oxygens (including phenoxy) is 1. The number of benzene rings is 3. The molecule has 0 radical (unpaired) electrons.